The van der Waals surface area contributed by atoms with Crippen molar-refractivity contribution >= 4 is 0 Å². The van der Waals surface area contributed by atoms with E-state index in [1.165, 1.54) is 12.8 Å². The van der Waals surface area contributed by atoms with Crippen molar-refractivity contribution in [1.29, 1.82) is 0 Å². The van der Waals surface area contributed by atoms with E-state index in [1.54, 1.807) is 0 Å². The summed E-state index contributed by atoms with van der Waals surface area (Å²) in [6.45, 7) is 4.62. The van der Waals surface area contributed by atoms with Crippen LogP contribution in [0.1, 0.15) is 26.2 Å². The summed E-state index contributed by atoms with van der Waals surface area (Å²) in [6, 6.07) is 0.835. The first-order valence-electron chi connectivity index (χ1n) is 5.29. The van der Waals surface area contributed by atoms with Crippen molar-refractivity contribution < 1.29 is 4.74 Å². The highest BCUT2D eigenvalue weighted by molar-refractivity contribution is 4.82. The molecule has 1 unspecified atom stereocenters. The fourth-order valence-corrected chi connectivity index (χ4v) is 1.41. The second-order valence-corrected chi connectivity index (χ2v) is 3.85. The van der Waals surface area contributed by atoms with Gasteiger partial charge in [-0.3, -0.25) is 0 Å². The SMILES string of the molecule is CCC(CN)OCCN(C)C1CC1. The summed E-state index contributed by atoms with van der Waals surface area (Å²) in [5.74, 6) is 0. The highest BCUT2D eigenvalue weighted by Gasteiger charge is 2.25. The molecule has 1 saturated carbocycles. The Morgan fingerprint density at radius 2 is 2.23 bits per heavy atom. The molecule has 2 N–H and O–H groups in total. The Balaban J connectivity index is 1.98. The zero-order valence-corrected chi connectivity index (χ0v) is 8.83. The van der Waals surface area contributed by atoms with Gasteiger partial charge in [-0.1, -0.05) is 6.92 Å². The van der Waals surface area contributed by atoms with Crippen LogP contribution in [-0.4, -0.2) is 43.8 Å². The highest BCUT2D eigenvalue weighted by atomic mass is 16.5. The molecule has 0 aromatic heterocycles. The first-order valence-corrected chi connectivity index (χ1v) is 5.29. The van der Waals surface area contributed by atoms with Crippen molar-refractivity contribution in [1.82, 2.24) is 4.90 Å². The quantitative estimate of drug-likeness (QED) is 0.640. The molecule has 0 aromatic rings. The minimum absolute atomic E-state index is 0.257. The summed E-state index contributed by atoms with van der Waals surface area (Å²) in [4.78, 5) is 2.38. The van der Waals surface area contributed by atoms with Gasteiger partial charge in [0.2, 0.25) is 0 Å². The van der Waals surface area contributed by atoms with Gasteiger partial charge in [-0.05, 0) is 26.3 Å². The lowest BCUT2D eigenvalue weighted by atomic mass is 10.3. The molecule has 0 spiro atoms. The second-order valence-electron chi connectivity index (χ2n) is 3.85. The van der Waals surface area contributed by atoms with Crippen molar-refractivity contribution in [3.05, 3.63) is 0 Å². The fourth-order valence-electron chi connectivity index (χ4n) is 1.41. The Morgan fingerprint density at radius 1 is 1.54 bits per heavy atom. The van der Waals surface area contributed by atoms with Gasteiger partial charge in [0.1, 0.15) is 0 Å². The van der Waals surface area contributed by atoms with Gasteiger partial charge >= 0.3 is 0 Å². The number of likely N-dealkylation sites (N-methyl/N-ethyl adjacent to an activating group) is 1. The molecule has 3 nitrogen and oxygen atoms in total. The average Bonchev–Trinajstić information content (AvgIpc) is 2.95. The molecule has 1 aliphatic carbocycles. The van der Waals surface area contributed by atoms with Crippen LogP contribution >= 0.6 is 0 Å². The van der Waals surface area contributed by atoms with E-state index in [1.807, 2.05) is 0 Å². The Bertz CT molecular complexity index is 131. The van der Waals surface area contributed by atoms with E-state index in [2.05, 4.69) is 18.9 Å². The van der Waals surface area contributed by atoms with Crippen LogP contribution in [0.3, 0.4) is 0 Å². The van der Waals surface area contributed by atoms with Crippen molar-refractivity contribution in [2.45, 2.75) is 38.3 Å². The van der Waals surface area contributed by atoms with Crippen molar-refractivity contribution in [2.75, 3.05) is 26.7 Å². The molecule has 0 heterocycles. The summed E-state index contributed by atoms with van der Waals surface area (Å²) in [6.07, 6.45) is 4.01. The largest absolute Gasteiger partial charge is 0.376 e. The number of nitrogens with zero attached hydrogens (tertiary/aromatic N) is 1. The Morgan fingerprint density at radius 3 is 2.69 bits per heavy atom. The number of hydrogen-bond acceptors (Lipinski definition) is 3. The molecule has 78 valence electrons. The maximum Gasteiger partial charge on any atom is 0.0695 e. The summed E-state index contributed by atoms with van der Waals surface area (Å²) in [7, 11) is 2.17. The topological polar surface area (TPSA) is 38.5 Å². The van der Waals surface area contributed by atoms with Crippen LogP contribution in [0.15, 0.2) is 0 Å². The number of nitrogens with two attached hydrogens (primary N) is 1. The molecule has 1 aliphatic rings. The van der Waals surface area contributed by atoms with Crippen LogP contribution in [-0.2, 0) is 4.74 Å². The smallest absolute Gasteiger partial charge is 0.0695 e. The van der Waals surface area contributed by atoms with Crippen LogP contribution in [0.4, 0.5) is 0 Å². The third kappa shape index (κ3) is 4.07. The monoisotopic (exact) mass is 186 g/mol. The number of rotatable bonds is 7. The molecule has 0 bridgehead atoms. The van der Waals surface area contributed by atoms with E-state index >= 15 is 0 Å². The van der Waals surface area contributed by atoms with Gasteiger partial charge in [-0.2, -0.15) is 0 Å². The Kier molecular flexibility index (Phi) is 4.70. The molecule has 1 rings (SSSR count). The van der Waals surface area contributed by atoms with Gasteiger partial charge in [0.25, 0.3) is 0 Å². The fraction of sp³-hybridized carbons (Fsp3) is 1.00. The van der Waals surface area contributed by atoms with Gasteiger partial charge in [-0.15, -0.1) is 0 Å². The molecule has 1 fully saturated rings. The molecule has 0 aliphatic heterocycles. The molecule has 3 heteroatoms. The van der Waals surface area contributed by atoms with Crippen molar-refractivity contribution in [3.8, 4) is 0 Å². The summed E-state index contributed by atoms with van der Waals surface area (Å²) in [5, 5.41) is 0. The Hall–Kier alpha value is -0.120. The predicted molar refractivity (Wildman–Crippen MR) is 54.7 cm³/mol. The van der Waals surface area contributed by atoms with Crippen LogP contribution in [0.2, 0.25) is 0 Å². The highest BCUT2D eigenvalue weighted by Crippen LogP contribution is 2.24. The molecule has 0 radical (unpaired) electrons. The van der Waals surface area contributed by atoms with Gasteiger partial charge in [-0.25, -0.2) is 0 Å². The van der Waals surface area contributed by atoms with Gasteiger partial charge in [0.05, 0.1) is 12.7 Å². The Labute approximate surface area is 81.2 Å². The van der Waals surface area contributed by atoms with Crippen molar-refractivity contribution in [3.63, 3.8) is 0 Å². The van der Waals surface area contributed by atoms with E-state index in [-0.39, 0.29) is 6.10 Å². The van der Waals surface area contributed by atoms with Gasteiger partial charge in [0.15, 0.2) is 0 Å². The third-order valence-electron chi connectivity index (χ3n) is 2.69. The van der Waals surface area contributed by atoms with E-state index < -0.39 is 0 Å². The average molecular weight is 186 g/mol. The zero-order valence-electron chi connectivity index (χ0n) is 8.83. The maximum absolute atomic E-state index is 5.62. The van der Waals surface area contributed by atoms with Gasteiger partial charge < -0.3 is 15.4 Å². The van der Waals surface area contributed by atoms with Crippen LogP contribution < -0.4 is 5.73 Å². The van der Waals surface area contributed by atoms with Crippen molar-refractivity contribution in [2.24, 2.45) is 5.73 Å². The molecule has 1 atom stereocenters. The second kappa shape index (κ2) is 5.58. The molecule has 0 aromatic carbocycles. The minimum Gasteiger partial charge on any atom is -0.376 e. The first kappa shape index (κ1) is 11.0. The van der Waals surface area contributed by atoms with E-state index in [4.69, 9.17) is 10.5 Å². The first-order chi connectivity index (χ1) is 6.27. The summed E-state index contributed by atoms with van der Waals surface area (Å²) < 4.78 is 5.62. The predicted octanol–water partition coefficient (Wildman–Crippen LogP) is 0.834. The summed E-state index contributed by atoms with van der Waals surface area (Å²) in [5.41, 5.74) is 5.53. The molecular formula is C10H22N2O. The van der Waals surface area contributed by atoms with E-state index in [0.29, 0.717) is 6.54 Å². The normalized spacial score (nSPS) is 19.4. The maximum atomic E-state index is 5.62. The lowest BCUT2D eigenvalue weighted by Gasteiger charge is -2.18. The minimum atomic E-state index is 0.257. The summed E-state index contributed by atoms with van der Waals surface area (Å²) >= 11 is 0. The third-order valence-corrected chi connectivity index (χ3v) is 2.69. The lowest BCUT2D eigenvalue weighted by molar-refractivity contribution is 0.0433. The molecule has 0 saturated heterocycles. The zero-order chi connectivity index (χ0) is 9.68. The molecular weight excluding hydrogens is 164 g/mol. The van der Waals surface area contributed by atoms with Crippen LogP contribution in [0.25, 0.3) is 0 Å². The lowest BCUT2D eigenvalue weighted by Crippen LogP contribution is -2.29. The molecule has 0 amide bonds. The standard InChI is InChI=1S/C10H22N2O/c1-3-10(8-11)13-7-6-12(2)9-4-5-9/h9-10H,3-8,11H2,1-2H3. The van der Waals surface area contributed by atoms with E-state index in [0.717, 1.165) is 25.6 Å². The number of ether oxygens (including phenoxy) is 1. The van der Waals surface area contributed by atoms with Gasteiger partial charge in [0, 0.05) is 19.1 Å². The molecule has 13 heavy (non-hydrogen) atoms. The van der Waals surface area contributed by atoms with E-state index in [9.17, 15) is 0 Å². The number of hydrogen-bond donors (Lipinski definition) is 1. The van der Waals surface area contributed by atoms with Crippen LogP contribution in [0.5, 0.6) is 0 Å². The van der Waals surface area contributed by atoms with Crippen LogP contribution in [0, 0.1) is 0 Å².